The van der Waals surface area contributed by atoms with Crippen LogP contribution in [-0.2, 0) is 0 Å². The monoisotopic (exact) mass is 224 g/mol. The van der Waals surface area contributed by atoms with Crippen molar-refractivity contribution in [3.8, 4) is 5.75 Å². The van der Waals surface area contributed by atoms with Gasteiger partial charge in [-0.15, -0.1) is 0 Å². The first kappa shape index (κ1) is 10.9. The van der Waals surface area contributed by atoms with E-state index in [4.69, 9.17) is 9.84 Å². The topological polar surface area (TPSA) is 46.5 Å². The number of carbonyl (C=O) groups is 1. The van der Waals surface area contributed by atoms with Gasteiger partial charge in [-0.1, -0.05) is 0 Å². The molecule has 4 heteroatoms. The van der Waals surface area contributed by atoms with Crippen molar-refractivity contribution in [1.29, 1.82) is 0 Å². The number of hydrogen-bond acceptors (Lipinski definition) is 2. The largest absolute Gasteiger partial charge is 0.490 e. The second-order valence-electron chi connectivity index (χ2n) is 3.97. The quantitative estimate of drug-likeness (QED) is 0.858. The molecule has 0 saturated heterocycles. The molecule has 2 rings (SSSR count). The van der Waals surface area contributed by atoms with Crippen LogP contribution in [0.4, 0.5) is 4.39 Å². The zero-order valence-corrected chi connectivity index (χ0v) is 8.78. The van der Waals surface area contributed by atoms with Gasteiger partial charge in [0, 0.05) is 6.07 Å². The fraction of sp³-hybridized carbons (Fsp3) is 0.417. The first-order valence-electron chi connectivity index (χ1n) is 5.36. The SMILES string of the molecule is O=C(O)c1ccc(OC2CCCC2)cc1F. The van der Waals surface area contributed by atoms with Crippen molar-refractivity contribution in [3.63, 3.8) is 0 Å². The highest BCUT2D eigenvalue weighted by Crippen LogP contribution is 2.25. The van der Waals surface area contributed by atoms with E-state index in [2.05, 4.69) is 0 Å². The molecule has 1 aromatic carbocycles. The lowest BCUT2D eigenvalue weighted by atomic mass is 10.2. The van der Waals surface area contributed by atoms with Crippen LogP contribution >= 0.6 is 0 Å². The maximum atomic E-state index is 13.3. The third kappa shape index (κ3) is 2.32. The molecule has 1 aliphatic rings. The first-order valence-corrected chi connectivity index (χ1v) is 5.36. The van der Waals surface area contributed by atoms with Crippen molar-refractivity contribution < 1.29 is 19.0 Å². The predicted molar refractivity (Wildman–Crippen MR) is 56.2 cm³/mol. The molecule has 86 valence electrons. The van der Waals surface area contributed by atoms with Crippen molar-refractivity contribution in [2.75, 3.05) is 0 Å². The number of ether oxygens (including phenoxy) is 1. The summed E-state index contributed by atoms with van der Waals surface area (Å²) in [6.45, 7) is 0. The Labute approximate surface area is 92.9 Å². The summed E-state index contributed by atoms with van der Waals surface area (Å²) in [7, 11) is 0. The number of carboxylic acids is 1. The molecule has 0 unspecified atom stereocenters. The highest BCUT2D eigenvalue weighted by Gasteiger charge is 2.17. The molecule has 1 aliphatic carbocycles. The molecular weight excluding hydrogens is 211 g/mol. The van der Waals surface area contributed by atoms with Gasteiger partial charge < -0.3 is 9.84 Å². The maximum Gasteiger partial charge on any atom is 0.338 e. The third-order valence-electron chi connectivity index (χ3n) is 2.78. The van der Waals surface area contributed by atoms with Gasteiger partial charge in [-0.3, -0.25) is 0 Å². The van der Waals surface area contributed by atoms with Crippen LogP contribution in [-0.4, -0.2) is 17.2 Å². The van der Waals surface area contributed by atoms with Crippen molar-refractivity contribution in [3.05, 3.63) is 29.6 Å². The minimum absolute atomic E-state index is 0.148. The molecule has 1 fully saturated rings. The van der Waals surface area contributed by atoms with E-state index in [1.807, 2.05) is 0 Å². The standard InChI is InChI=1S/C12H13FO3/c13-11-7-9(5-6-10(11)12(14)15)16-8-3-1-2-4-8/h5-8H,1-4H2,(H,14,15). The maximum absolute atomic E-state index is 13.3. The van der Waals surface area contributed by atoms with E-state index in [1.165, 1.54) is 12.1 Å². The average molecular weight is 224 g/mol. The number of rotatable bonds is 3. The van der Waals surface area contributed by atoms with Crippen LogP contribution in [0.15, 0.2) is 18.2 Å². The van der Waals surface area contributed by atoms with Gasteiger partial charge in [-0.2, -0.15) is 0 Å². The third-order valence-corrected chi connectivity index (χ3v) is 2.78. The van der Waals surface area contributed by atoms with E-state index < -0.39 is 11.8 Å². The second-order valence-corrected chi connectivity index (χ2v) is 3.97. The Hall–Kier alpha value is -1.58. The Morgan fingerprint density at radius 3 is 2.62 bits per heavy atom. The van der Waals surface area contributed by atoms with Gasteiger partial charge in [0.15, 0.2) is 0 Å². The highest BCUT2D eigenvalue weighted by molar-refractivity contribution is 5.88. The molecule has 0 radical (unpaired) electrons. The number of carboxylic acid groups (broad SMARTS) is 1. The summed E-state index contributed by atoms with van der Waals surface area (Å²) in [5.41, 5.74) is -0.321. The average Bonchev–Trinajstić information content (AvgIpc) is 2.70. The molecule has 16 heavy (non-hydrogen) atoms. The molecule has 1 N–H and O–H groups in total. The van der Waals surface area contributed by atoms with Gasteiger partial charge >= 0.3 is 5.97 Å². The van der Waals surface area contributed by atoms with Crippen molar-refractivity contribution in [2.24, 2.45) is 0 Å². The van der Waals surface area contributed by atoms with Gasteiger partial charge in [0.2, 0.25) is 0 Å². The van der Waals surface area contributed by atoms with E-state index in [0.717, 1.165) is 31.7 Å². The van der Waals surface area contributed by atoms with Gasteiger partial charge in [-0.25, -0.2) is 9.18 Å². The van der Waals surface area contributed by atoms with Gasteiger partial charge in [0.1, 0.15) is 11.6 Å². The van der Waals surface area contributed by atoms with E-state index in [1.54, 1.807) is 0 Å². The normalized spacial score (nSPS) is 16.3. The smallest absolute Gasteiger partial charge is 0.338 e. The minimum Gasteiger partial charge on any atom is -0.490 e. The number of aromatic carboxylic acids is 1. The van der Waals surface area contributed by atoms with Crippen LogP contribution in [0.1, 0.15) is 36.0 Å². The minimum atomic E-state index is -1.26. The molecule has 0 bridgehead atoms. The zero-order chi connectivity index (χ0) is 11.5. The molecule has 0 atom stereocenters. The van der Waals surface area contributed by atoms with Crippen molar-refractivity contribution in [2.45, 2.75) is 31.8 Å². The molecule has 0 amide bonds. The molecule has 1 saturated carbocycles. The molecule has 0 aromatic heterocycles. The molecule has 0 spiro atoms. The van der Waals surface area contributed by atoms with Crippen LogP contribution in [0, 0.1) is 5.82 Å². The highest BCUT2D eigenvalue weighted by atomic mass is 19.1. The fourth-order valence-corrected chi connectivity index (χ4v) is 1.94. The zero-order valence-electron chi connectivity index (χ0n) is 8.78. The summed E-state index contributed by atoms with van der Waals surface area (Å²) in [4.78, 5) is 10.6. The van der Waals surface area contributed by atoms with E-state index in [9.17, 15) is 9.18 Å². The number of hydrogen-bond donors (Lipinski definition) is 1. The van der Waals surface area contributed by atoms with Gasteiger partial charge in [0.05, 0.1) is 11.7 Å². The van der Waals surface area contributed by atoms with Crippen LogP contribution in [0.5, 0.6) is 5.75 Å². The van der Waals surface area contributed by atoms with Crippen LogP contribution < -0.4 is 4.74 Å². The number of benzene rings is 1. The summed E-state index contributed by atoms with van der Waals surface area (Å²) in [5, 5.41) is 8.66. The molecule has 1 aromatic rings. The second kappa shape index (κ2) is 4.51. The summed E-state index contributed by atoms with van der Waals surface area (Å²) in [6.07, 6.45) is 4.40. The van der Waals surface area contributed by atoms with E-state index >= 15 is 0 Å². The summed E-state index contributed by atoms with van der Waals surface area (Å²) >= 11 is 0. The van der Waals surface area contributed by atoms with Gasteiger partial charge in [-0.05, 0) is 37.8 Å². The fourth-order valence-electron chi connectivity index (χ4n) is 1.94. The Morgan fingerprint density at radius 2 is 2.06 bits per heavy atom. The summed E-state index contributed by atoms with van der Waals surface area (Å²) in [6, 6.07) is 3.88. The first-order chi connectivity index (χ1) is 7.66. The lowest BCUT2D eigenvalue weighted by Gasteiger charge is -2.13. The number of halogens is 1. The lowest BCUT2D eigenvalue weighted by Crippen LogP contribution is -2.11. The molecule has 0 aliphatic heterocycles. The Balaban J connectivity index is 2.11. The Kier molecular flexibility index (Phi) is 3.08. The van der Waals surface area contributed by atoms with Crippen molar-refractivity contribution in [1.82, 2.24) is 0 Å². The van der Waals surface area contributed by atoms with Crippen LogP contribution in [0.3, 0.4) is 0 Å². The van der Waals surface area contributed by atoms with Crippen LogP contribution in [0.25, 0.3) is 0 Å². The summed E-state index contributed by atoms with van der Waals surface area (Å²) < 4.78 is 18.9. The van der Waals surface area contributed by atoms with Gasteiger partial charge in [0.25, 0.3) is 0 Å². The van der Waals surface area contributed by atoms with E-state index in [0.29, 0.717) is 5.75 Å². The van der Waals surface area contributed by atoms with E-state index in [-0.39, 0.29) is 11.7 Å². The van der Waals surface area contributed by atoms with Crippen molar-refractivity contribution >= 4 is 5.97 Å². The summed E-state index contributed by atoms with van der Waals surface area (Å²) in [5.74, 6) is -1.60. The molecule has 3 nitrogen and oxygen atoms in total. The lowest BCUT2D eigenvalue weighted by molar-refractivity contribution is 0.0692. The Morgan fingerprint density at radius 1 is 1.38 bits per heavy atom. The van der Waals surface area contributed by atoms with Crippen LogP contribution in [0.2, 0.25) is 0 Å². The Bertz CT molecular complexity index is 397. The predicted octanol–water partition coefficient (Wildman–Crippen LogP) is 2.85. The molecular formula is C12H13FO3. The molecule has 0 heterocycles.